The maximum atomic E-state index is 6.10. The van der Waals surface area contributed by atoms with Crippen LogP contribution >= 0.6 is 22.9 Å². The third-order valence-corrected chi connectivity index (χ3v) is 6.95. The van der Waals surface area contributed by atoms with E-state index in [9.17, 15) is 0 Å². The molecule has 1 unspecified atom stereocenters. The summed E-state index contributed by atoms with van der Waals surface area (Å²) in [5, 5.41) is 6.08. The summed E-state index contributed by atoms with van der Waals surface area (Å²) in [5.41, 5.74) is 1.87. The molecule has 0 N–H and O–H groups in total. The Balaban J connectivity index is 1.26. The van der Waals surface area contributed by atoms with E-state index in [1.807, 2.05) is 24.3 Å². The van der Waals surface area contributed by atoms with Crippen molar-refractivity contribution in [3.8, 4) is 11.4 Å². The van der Waals surface area contributed by atoms with E-state index in [2.05, 4.69) is 33.0 Å². The van der Waals surface area contributed by atoms with Crippen molar-refractivity contribution in [3.05, 3.63) is 58.6 Å². The molecule has 0 spiro atoms. The maximum absolute atomic E-state index is 6.10. The van der Waals surface area contributed by atoms with Crippen molar-refractivity contribution in [1.29, 1.82) is 0 Å². The lowest BCUT2D eigenvalue weighted by Gasteiger charge is -2.33. The van der Waals surface area contributed by atoms with Gasteiger partial charge in [0.1, 0.15) is 0 Å². The zero-order valence-corrected chi connectivity index (χ0v) is 17.5. The molecular weight excluding hydrogens is 406 g/mol. The van der Waals surface area contributed by atoms with Crippen molar-refractivity contribution in [2.45, 2.75) is 31.7 Å². The molecular formula is C21H20ClN5OS. The molecule has 0 amide bonds. The number of pyridine rings is 1. The molecule has 6 nitrogen and oxygen atoms in total. The van der Waals surface area contributed by atoms with Crippen LogP contribution in [0.5, 0.6) is 0 Å². The van der Waals surface area contributed by atoms with E-state index in [0.717, 1.165) is 42.0 Å². The molecule has 0 radical (unpaired) electrons. The highest BCUT2D eigenvalue weighted by molar-refractivity contribution is 7.18. The number of rotatable bonds is 4. The van der Waals surface area contributed by atoms with Gasteiger partial charge in [-0.2, -0.15) is 4.98 Å². The monoisotopic (exact) mass is 425 g/mol. The number of halogens is 1. The molecule has 8 heteroatoms. The average molecular weight is 426 g/mol. The first-order chi connectivity index (χ1) is 14.2. The number of hydrogen-bond acceptors (Lipinski definition) is 7. The third-order valence-electron chi connectivity index (χ3n) is 5.51. The van der Waals surface area contributed by atoms with Crippen LogP contribution in [0.1, 0.15) is 42.6 Å². The number of benzene rings is 1. The average Bonchev–Trinajstić information content (AvgIpc) is 3.41. The quantitative estimate of drug-likeness (QED) is 0.440. The Morgan fingerprint density at radius 3 is 2.86 bits per heavy atom. The Hall–Kier alpha value is -2.35. The van der Waals surface area contributed by atoms with Gasteiger partial charge in [0.15, 0.2) is 0 Å². The largest absolute Gasteiger partial charge is 0.337 e. The second-order valence-corrected chi connectivity index (χ2v) is 8.85. The maximum Gasteiger partial charge on any atom is 0.244 e. The lowest BCUT2D eigenvalue weighted by molar-refractivity contribution is 0.136. The highest BCUT2D eigenvalue weighted by Gasteiger charge is 2.29. The van der Waals surface area contributed by atoms with Crippen LogP contribution in [0.2, 0.25) is 5.02 Å². The molecule has 1 saturated heterocycles. The summed E-state index contributed by atoms with van der Waals surface area (Å²) in [6.07, 6.45) is 5.62. The highest BCUT2D eigenvalue weighted by Crippen LogP contribution is 2.36. The Kier molecular flexibility index (Phi) is 5.03. The SMILES string of the molecule is CC(c1nc(-c2cccnc2)no1)N1CCC(c2nc3cc(Cl)ccc3s2)CC1. The summed E-state index contributed by atoms with van der Waals surface area (Å²) >= 11 is 7.89. The number of likely N-dealkylation sites (tertiary alicyclic amines) is 1. The predicted octanol–water partition coefficient (Wildman–Crippen LogP) is 5.34. The van der Waals surface area contributed by atoms with Crippen LogP contribution in [-0.2, 0) is 0 Å². The fourth-order valence-electron chi connectivity index (χ4n) is 3.80. The van der Waals surface area contributed by atoms with Gasteiger partial charge in [-0.05, 0) is 63.2 Å². The van der Waals surface area contributed by atoms with E-state index in [-0.39, 0.29) is 6.04 Å². The van der Waals surface area contributed by atoms with Gasteiger partial charge in [0.2, 0.25) is 11.7 Å². The molecule has 5 rings (SSSR count). The van der Waals surface area contributed by atoms with Crippen LogP contribution in [0.25, 0.3) is 21.6 Å². The second kappa shape index (κ2) is 7.82. The Morgan fingerprint density at radius 1 is 1.21 bits per heavy atom. The smallest absolute Gasteiger partial charge is 0.244 e. The molecule has 1 aromatic carbocycles. The topological polar surface area (TPSA) is 67.9 Å². The third kappa shape index (κ3) is 3.77. The number of piperidine rings is 1. The summed E-state index contributed by atoms with van der Waals surface area (Å²) < 4.78 is 6.75. The molecule has 1 atom stereocenters. The summed E-state index contributed by atoms with van der Waals surface area (Å²) in [6, 6.07) is 9.83. The molecule has 0 saturated carbocycles. The van der Waals surface area contributed by atoms with Crippen LogP contribution < -0.4 is 0 Å². The fraction of sp³-hybridized carbons (Fsp3) is 0.333. The van der Waals surface area contributed by atoms with Gasteiger partial charge in [0.25, 0.3) is 0 Å². The number of fused-ring (bicyclic) bond motifs is 1. The van der Waals surface area contributed by atoms with Crippen LogP contribution in [0.15, 0.2) is 47.2 Å². The molecule has 3 aromatic heterocycles. The van der Waals surface area contributed by atoms with Gasteiger partial charge < -0.3 is 4.52 Å². The zero-order chi connectivity index (χ0) is 19.8. The minimum absolute atomic E-state index is 0.0862. The van der Waals surface area contributed by atoms with E-state index >= 15 is 0 Å². The van der Waals surface area contributed by atoms with Crippen LogP contribution in [0.4, 0.5) is 0 Å². The first-order valence-corrected chi connectivity index (χ1v) is 10.9. The Bertz CT molecular complexity index is 1120. The van der Waals surface area contributed by atoms with E-state index in [1.54, 1.807) is 23.7 Å². The fourth-order valence-corrected chi connectivity index (χ4v) is 5.08. The van der Waals surface area contributed by atoms with Crippen molar-refractivity contribution >= 4 is 33.2 Å². The number of aromatic nitrogens is 4. The van der Waals surface area contributed by atoms with Gasteiger partial charge in [0.05, 0.1) is 21.3 Å². The summed E-state index contributed by atoms with van der Waals surface area (Å²) in [4.78, 5) is 15.9. The van der Waals surface area contributed by atoms with Crippen molar-refractivity contribution in [1.82, 2.24) is 25.0 Å². The van der Waals surface area contributed by atoms with E-state index < -0.39 is 0 Å². The lowest BCUT2D eigenvalue weighted by atomic mass is 9.96. The van der Waals surface area contributed by atoms with Crippen molar-refractivity contribution in [2.75, 3.05) is 13.1 Å². The zero-order valence-electron chi connectivity index (χ0n) is 16.0. The van der Waals surface area contributed by atoms with Crippen molar-refractivity contribution in [2.24, 2.45) is 0 Å². The van der Waals surface area contributed by atoms with Crippen molar-refractivity contribution < 1.29 is 4.52 Å². The van der Waals surface area contributed by atoms with Gasteiger partial charge in [-0.15, -0.1) is 11.3 Å². The molecule has 4 heterocycles. The molecule has 1 fully saturated rings. The van der Waals surface area contributed by atoms with Gasteiger partial charge in [0, 0.05) is 28.9 Å². The number of nitrogens with zero attached hydrogens (tertiary/aromatic N) is 5. The minimum Gasteiger partial charge on any atom is -0.337 e. The standard InChI is InChI=1S/C21H20ClN5OS/c1-13(20-25-19(26-28-20)15-3-2-8-23-12-15)27-9-6-14(7-10-27)21-24-17-11-16(22)4-5-18(17)29-21/h2-5,8,11-14H,6-7,9-10H2,1H3. The highest BCUT2D eigenvalue weighted by atomic mass is 35.5. The second-order valence-electron chi connectivity index (χ2n) is 7.35. The summed E-state index contributed by atoms with van der Waals surface area (Å²) in [6.45, 7) is 4.08. The first kappa shape index (κ1) is 18.7. The van der Waals surface area contributed by atoms with Gasteiger partial charge in [-0.1, -0.05) is 16.8 Å². The van der Waals surface area contributed by atoms with Gasteiger partial charge in [-0.3, -0.25) is 9.88 Å². The molecule has 0 bridgehead atoms. The Morgan fingerprint density at radius 2 is 2.07 bits per heavy atom. The minimum atomic E-state index is 0.0862. The normalized spacial score (nSPS) is 17.0. The summed E-state index contributed by atoms with van der Waals surface area (Å²) in [7, 11) is 0. The van der Waals surface area contributed by atoms with Crippen LogP contribution in [0, 0.1) is 0 Å². The summed E-state index contributed by atoms with van der Waals surface area (Å²) in [5.74, 6) is 1.73. The molecule has 1 aliphatic rings. The molecule has 148 valence electrons. The van der Waals surface area contributed by atoms with Crippen molar-refractivity contribution in [3.63, 3.8) is 0 Å². The van der Waals surface area contributed by atoms with Crippen LogP contribution in [0.3, 0.4) is 0 Å². The molecule has 0 aliphatic carbocycles. The number of hydrogen-bond donors (Lipinski definition) is 0. The molecule has 1 aliphatic heterocycles. The lowest BCUT2D eigenvalue weighted by Crippen LogP contribution is -2.35. The number of thiazole rings is 1. The van der Waals surface area contributed by atoms with E-state index in [1.165, 1.54) is 9.71 Å². The first-order valence-electron chi connectivity index (χ1n) is 9.71. The van der Waals surface area contributed by atoms with Gasteiger partial charge >= 0.3 is 0 Å². The van der Waals surface area contributed by atoms with Crippen LogP contribution in [-0.4, -0.2) is 38.1 Å². The Labute approximate surface area is 177 Å². The predicted molar refractivity (Wildman–Crippen MR) is 114 cm³/mol. The molecule has 4 aromatic rings. The molecule has 29 heavy (non-hydrogen) atoms. The van der Waals surface area contributed by atoms with Gasteiger partial charge in [-0.25, -0.2) is 4.98 Å². The van der Waals surface area contributed by atoms with E-state index in [0.29, 0.717) is 17.6 Å². The van der Waals surface area contributed by atoms with E-state index in [4.69, 9.17) is 21.1 Å².